The molecule has 1 aliphatic carbocycles. The van der Waals surface area contributed by atoms with Crippen molar-refractivity contribution in [3.63, 3.8) is 0 Å². The quantitative estimate of drug-likeness (QED) is 0.492. The molecule has 0 amide bonds. The van der Waals surface area contributed by atoms with Crippen molar-refractivity contribution in [1.82, 2.24) is 0 Å². The first-order valence-corrected chi connectivity index (χ1v) is 3.58. The van der Waals surface area contributed by atoms with Gasteiger partial charge in [-0.15, -0.1) is 0 Å². The Morgan fingerprint density at radius 3 is 2.33 bits per heavy atom. The van der Waals surface area contributed by atoms with Gasteiger partial charge in [0.05, 0.1) is 0 Å². The smallest absolute Gasteiger partial charge is 0.348 e. The predicted molar refractivity (Wildman–Crippen MR) is 31.8 cm³/mol. The fraction of sp³-hybridized carbons (Fsp3) is 0.857. The van der Waals surface area contributed by atoms with Crippen LogP contribution >= 0.6 is 0 Å². The molecule has 1 heterocycles. The molecule has 0 N–H and O–H groups in total. The van der Waals surface area contributed by atoms with Gasteiger partial charge in [0.2, 0.25) is 6.10 Å². The Balaban J connectivity index is 1.91. The molecule has 0 aromatic heterocycles. The average Bonchev–Trinajstić information content (AvgIpc) is 2.44. The number of rotatable bonds is 1. The summed E-state index contributed by atoms with van der Waals surface area (Å²) >= 11 is 0. The van der Waals surface area contributed by atoms with Crippen LogP contribution in [0.25, 0.3) is 0 Å². The molecule has 1 atom stereocenters. The number of ether oxygens (including phenoxy) is 1. The molecule has 9 heavy (non-hydrogen) atoms. The van der Waals surface area contributed by atoms with E-state index in [1.807, 2.05) is 0 Å². The average molecular weight is 126 g/mol. The highest BCUT2D eigenvalue weighted by Gasteiger charge is 2.45. The van der Waals surface area contributed by atoms with Crippen LogP contribution in [-0.4, -0.2) is 12.1 Å². The Bertz CT molecular complexity index is 136. The molecule has 1 saturated carbocycles. The second-order valence-electron chi connectivity index (χ2n) is 2.90. The maximum Gasteiger partial charge on any atom is 0.348 e. The van der Waals surface area contributed by atoms with Gasteiger partial charge in [0.25, 0.3) is 0 Å². The third-order valence-corrected chi connectivity index (χ3v) is 2.25. The first-order chi connectivity index (χ1) is 4.38. The number of carbonyl (C=O) groups is 1. The van der Waals surface area contributed by atoms with Crippen molar-refractivity contribution in [2.24, 2.45) is 5.92 Å². The summed E-state index contributed by atoms with van der Waals surface area (Å²) < 4.78 is 4.76. The molecule has 2 aliphatic rings. The molecule has 2 fully saturated rings. The fourth-order valence-electron chi connectivity index (χ4n) is 1.64. The summed E-state index contributed by atoms with van der Waals surface area (Å²) in [4.78, 5) is 10.5. The molecule has 0 aromatic rings. The van der Waals surface area contributed by atoms with Crippen LogP contribution in [0, 0.1) is 5.92 Å². The summed E-state index contributed by atoms with van der Waals surface area (Å²) in [6, 6.07) is 0. The highest BCUT2D eigenvalue weighted by atomic mass is 16.6. The largest absolute Gasteiger partial charge is 0.447 e. The van der Waals surface area contributed by atoms with E-state index in [0.717, 1.165) is 0 Å². The van der Waals surface area contributed by atoms with Crippen molar-refractivity contribution in [2.75, 3.05) is 0 Å². The van der Waals surface area contributed by atoms with Gasteiger partial charge in [-0.3, -0.25) is 0 Å². The van der Waals surface area contributed by atoms with Gasteiger partial charge in [-0.2, -0.15) is 0 Å². The number of cyclic esters (lactones) is 1. The zero-order valence-corrected chi connectivity index (χ0v) is 5.30. The normalized spacial score (nSPS) is 34.7. The molecule has 1 aliphatic heterocycles. The van der Waals surface area contributed by atoms with Gasteiger partial charge in [-0.25, -0.2) is 4.79 Å². The second-order valence-corrected chi connectivity index (χ2v) is 2.90. The Kier molecular flexibility index (Phi) is 1.01. The lowest BCUT2D eigenvalue weighted by molar-refractivity contribution is -0.117. The van der Waals surface area contributed by atoms with Crippen LogP contribution in [0.3, 0.4) is 0 Å². The number of hydrogen-bond donors (Lipinski definition) is 0. The molecule has 2 heteroatoms. The molecule has 2 nitrogen and oxygen atoms in total. The summed E-state index contributed by atoms with van der Waals surface area (Å²) in [5.41, 5.74) is 0. The van der Waals surface area contributed by atoms with E-state index in [0.29, 0.717) is 5.92 Å². The summed E-state index contributed by atoms with van der Waals surface area (Å²) in [7, 11) is 0. The molecule has 0 aromatic carbocycles. The van der Waals surface area contributed by atoms with Crippen LogP contribution < -0.4 is 0 Å². The molecule has 1 unspecified atom stereocenters. The van der Waals surface area contributed by atoms with E-state index >= 15 is 0 Å². The molecule has 50 valence electrons. The number of epoxide rings is 1. The topological polar surface area (TPSA) is 29.6 Å². The monoisotopic (exact) mass is 126 g/mol. The van der Waals surface area contributed by atoms with Gasteiger partial charge in [0.15, 0.2) is 0 Å². The third kappa shape index (κ3) is 0.824. The fourth-order valence-corrected chi connectivity index (χ4v) is 1.64. The molecule has 0 bridgehead atoms. The Labute approximate surface area is 54.2 Å². The molecule has 1 saturated heterocycles. The van der Waals surface area contributed by atoms with E-state index in [9.17, 15) is 4.79 Å². The van der Waals surface area contributed by atoms with Crippen molar-refractivity contribution in [1.29, 1.82) is 0 Å². The van der Waals surface area contributed by atoms with Crippen molar-refractivity contribution < 1.29 is 9.53 Å². The minimum atomic E-state index is 0.0208. The summed E-state index contributed by atoms with van der Waals surface area (Å²) in [6.07, 6.45) is 5.01. The van der Waals surface area contributed by atoms with Gasteiger partial charge < -0.3 is 4.74 Å². The lowest BCUT2D eigenvalue weighted by Gasteiger charge is -1.96. The summed E-state index contributed by atoms with van der Waals surface area (Å²) in [5, 5.41) is 0. The molecular weight excluding hydrogens is 116 g/mol. The SMILES string of the molecule is O=C1OC1C1CCCC1. The number of hydrogen-bond acceptors (Lipinski definition) is 2. The number of carbonyl (C=O) groups excluding carboxylic acids is 1. The minimum Gasteiger partial charge on any atom is -0.447 e. The lowest BCUT2D eigenvalue weighted by atomic mass is 10.1. The zero-order valence-electron chi connectivity index (χ0n) is 5.30. The van der Waals surface area contributed by atoms with E-state index < -0.39 is 0 Å². The van der Waals surface area contributed by atoms with Crippen LogP contribution in [-0.2, 0) is 9.53 Å². The molecule has 2 rings (SSSR count). The standard InChI is InChI=1S/C7H10O2/c8-7-6(9-7)5-3-1-2-4-5/h5-6H,1-4H2. The lowest BCUT2D eigenvalue weighted by Crippen LogP contribution is -2.02. The summed E-state index contributed by atoms with van der Waals surface area (Å²) in [5.74, 6) is 0.611. The van der Waals surface area contributed by atoms with Crippen LogP contribution in [0.2, 0.25) is 0 Å². The molecule has 0 radical (unpaired) electrons. The van der Waals surface area contributed by atoms with Crippen molar-refractivity contribution >= 4 is 5.97 Å². The van der Waals surface area contributed by atoms with E-state index in [1.54, 1.807) is 0 Å². The van der Waals surface area contributed by atoms with E-state index in [4.69, 9.17) is 4.74 Å². The Morgan fingerprint density at radius 2 is 1.89 bits per heavy atom. The third-order valence-electron chi connectivity index (χ3n) is 2.25. The first-order valence-electron chi connectivity index (χ1n) is 3.58. The Morgan fingerprint density at radius 1 is 1.33 bits per heavy atom. The van der Waals surface area contributed by atoms with Gasteiger partial charge in [0, 0.05) is 5.92 Å². The van der Waals surface area contributed by atoms with E-state index in [2.05, 4.69) is 0 Å². The molecular formula is C7H10O2. The van der Waals surface area contributed by atoms with Crippen LogP contribution in [0.5, 0.6) is 0 Å². The Hall–Kier alpha value is -0.530. The van der Waals surface area contributed by atoms with Crippen LogP contribution in [0.15, 0.2) is 0 Å². The second kappa shape index (κ2) is 1.72. The van der Waals surface area contributed by atoms with Gasteiger partial charge in [-0.05, 0) is 12.8 Å². The minimum absolute atomic E-state index is 0.0208. The van der Waals surface area contributed by atoms with E-state index in [-0.39, 0.29) is 12.1 Å². The van der Waals surface area contributed by atoms with Gasteiger partial charge in [0.1, 0.15) is 0 Å². The van der Waals surface area contributed by atoms with Crippen LogP contribution in [0.1, 0.15) is 25.7 Å². The van der Waals surface area contributed by atoms with Gasteiger partial charge in [-0.1, -0.05) is 12.8 Å². The van der Waals surface area contributed by atoms with Gasteiger partial charge >= 0.3 is 5.97 Å². The highest BCUT2D eigenvalue weighted by Crippen LogP contribution is 2.35. The highest BCUT2D eigenvalue weighted by molar-refractivity contribution is 5.87. The predicted octanol–water partition coefficient (Wildman–Crippen LogP) is 1.10. The molecule has 0 spiro atoms. The zero-order chi connectivity index (χ0) is 6.27. The van der Waals surface area contributed by atoms with Crippen molar-refractivity contribution in [3.05, 3.63) is 0 Å². The van der Waals surface area contributed by atoms with Crippen molar-refractivity contribution in [3.8, 4) is 0 Å². The maximum absolute atomic E-state index is 10.5. The summed E-state index contributed by atoms with van der Waals surface area (Å²) in [6.45, 7) is 0. The van der Waals surface area contributed by atoms with E-state index in [1.165, 1.54) is 25.7 Å². The van der Waals surface area contributed by atoms with Crippen LogP contribution in [0.4, 0.5) is 0 Å². The maximum atomic E-state index is 10.5. The van der Waals surface area contributed by atoms with Crippen molar-refractivity contribution in [2.45, 2.75) is 31.8 Å². The first kappa shape index (κ1) is 5.27.